The molecule has 8 heteroatoms. The second kappa shape index (κ2) is 8.66. The van der Waals surface area contributed by atoms with Crippen LogP contribution in [0.3, 0.4) is 0 Å². The highest BCUT2D eigenvalue weighted by Crippen LogP contribution is 2.30. The fourth-order valence-corrected chi connectivity index (χ4v) is 2.40. The SMILES string of the molecule is CC(=O)N(CCC(=O)NCc1ccc(F)cc1)c1ccc(C(F)(F)F)cc1. The van der Waals surface area contributed by atoms with Crippen molar-refractivity contribution < 1.29 is 27.2 Å². The number of amides is 2. The third-order valence-electron chi connectivity index (χ3n) is 3.85. The van der Waals surface area contributed by atoms with Gasteiger partial charge in [0.1, 0.15) is 5.82 Å². The number of benzene rings is 2. The molecule has 0 radical (unpaired) electrons. The molecular formula is C19H18F4N2O2. The Hall–Kier alpha value is -2.90. The molecule has 144 valence electrons. The van der Waals surface area contributed by atoms with E-state index in [1.165, 1.54) is 36.1 Å². The Labute approximate surface area is 153 Å². The summed E-state index contributed by atoms with van der Waals surface area (Å²) in [7, 11) is 0. The number of alkyl halides is 3. The molecule has 1 N–H and O–H groups in total. The summed E-state index contributed by atoms with van der Waals surface area (Å²) in [6.45, 7) is 1.50. The zero-order valence-electron chi connectivity index (χ0n) is 14.5. The fraction of sp³-hybridized carbons (Fsp3) is 0.263. The number of halogens is 4. The van der Waals surface area contributed by atoms with E-state index in [9.17, 15) is 27.2 Å². The number of carbonyl (C=O) groups is 2. The van der Waals surface area contributed by atoms with Gasteiger partial charge in [0.15, 0.2) is 0 Å². The molecule has 0 unspecified atom stereocenters. The summed E-state index contributed by atoms with van der Waals surface area (Å²) in [5.41, 5.74) is 0.185. The first-order chi connectivity index (χ1) is 12.7. The predicted molar refractivity (Wildman–Crippen MR) is 92.3 cm³/mol. The van der Waals surface area contributed by atoms with Crippen LogP contribution in [0.2, 0.25) is 0 Å². The monoisotopic (exact) mass is 382 g/mol. The molecule has 0 fully saturated rings. The molecule has 0 aromatic heterocycles. The summed E-state index contributed by atoms with van der Waals surface area (Å²) in [4.78, 5) is 25.0. The van der Waals surface area contributed by atoms with Crippen LogP contribution in [-0.4, -0.2) is 18.4 Å². The minimum absolute atomic E-state index is 0.0238. The first-order valence-corrected chi connectivity index (χ1v) is 8.13. The van der Waals surface area contributed by atoms with Crippen LogP contribution >= 0.6 is 0 Å². The van der Waals surface area contributed by atoms with Crippen molar-refractivity contribution in [3.8, 4) is 0 Å². The van der Waals surface area contributed by atoms with E-state index >= 15 is 0 Å². The van der Waals surface area contributed by atoms with E-state index in [2.05, 4.69) is 5.32 Å². The summed E-state index contributed by atoms with van der Waals surface area (Å²) in [5.74, 6) is -1.10. The molecule has 0 aliphatic heterocycles. The molecule has 2 aromatic carbocycles. The quantitative estimate of drug-likeness (QED) is 0.771. The zero-order valence-corrected chi connectivity index (χ0v) is 14.5. The van der Waals surface area contributed by atoms with Gasteiger partial charge in [0, 0.05) is 32.1 Å². The van der Waals surface area contributed by atoms with Crippen LogP contribution in [0.4, 0.5) is 23.2 Å². The van der Waals surface area contributed by atoms with E-state index in [1.54, 1.807) is 12.1 Å². The average molecular weight is 382 g/mol. The Balaban J connectivity index is 1.93. The third-order valence-corrected chi connectivity index (χ3v) is 3.85. The van der Waals surface area contributed by atoms with Crippen molar-refractivity contribution in [1.29, 1.82) is 0 Å². The fourth-order valence-electron chi connectivity index (χ4n) is 2.40. The summed E-state index contributed by atoms with van der Waals surface area (Å²) < 4.78 is 50.7. The van der Waals surface area contributed by atoms with Gasteiger partial charge < -0.3 is 10.2 Å². The van der Waals surface area contributed by atoms with E-state index in [-0.39, 0.29) is 42.8 Å². The Kier molecular flexibility index (Phi) is 6.55. The van der Waals surface area contributed by atoms with Crippen LogP contribution in [-0.2, 0) is 22.3 Å². The van der Waals surface area contributed by atoms with E-state index < -0.39 is 11.7 Å². The highest BCUT2D eigenvalue weighted by molar-refractivity contribution is 5.92. The molecule has 0 spiro atoms. The van der Waals surface area contributed by atoms with E-state index in [4.69, 9.17) is 0 Å². The Morgan fingerprint density at radius 1 is 1.00 bits per heavy atom. The molecular weight excluding hydrogens is 364 g/mol. The van der Waals surface area contributed by atoms with Crippen LogP contribution < -0.4 is 10.2 Å². The van der Waals surface area contributed by atoms with Crippen molar-refractivity contribution in [2.24, 2.45) is 0 Å². The molecule has 2 aromatic rings. The normalized spacial score (nSPS) is 11.1. The number of rotatable bonds is 6. The lowest BCUT2D eigenvalue weighted by Crippen LogP contribution is -2.33. The van der Waals surface area contributed by atoms with Gasteiger partial charge >= 0.3 is 6.18 Å². The molecule has 0 saturated carbocycles. The Bertz CT molecular complexity index is 787. The third kappa shape index (κ3) is 6.09. The number of carbonyl (C=O) groups excluding carboxylic acids is 2. The molecule has 2 rings (SSSR count). The van der Waals surface area contributed by atoms with Crippen molar-refractivity contribution in [3.63, 3.8) is 0 Å². The Morgan fingerprint density at radius 3 is 2.11 bits per heavy atom. The minimum atomic E-state index is -4.46. The van der Waals surface area contributed by atoms with Crippen molar-refractivity contribution in [1.82, 2.24) is 5.32 Å². The zero-order chi connectivity index (χ0) is 20.0. The largest absolute Gasteiger partial charge is 0.416 e. The van der Waals surface area contributed by atoms with Gasteiger partial charge in [-0.15, -0.1) is 0 Å². The second-order valence-corrected chi connectivity index (χ2v) is 5.87. The highest BCUT2D eigenvalue weighted by atomic mass is 19.4. The average Bonchev–Trinajstić information content (AvgIpc) is 2.61. The van der Waals surface area contributed by atoms with Crippen molar-refractivity contribution in [2.75, 3.05) is 11.4 Å². The molecule has 4 nitrogen and oxygen atoms in total. The molecule has 0 heterocycles. The first kappa shape index (κ1) is 20.4. The first-order valence-electron chi connectivity index (χ1n) is 8.13. The Morgan fingerprint density at radius 2 is 1.59 bits per heavy atom. The van der Waals surface area contributed by atoms with Crippen molar-refractivity contribution in [2.45, 2.75) is 26.1 Å². The number of anilines is 1. The maximum atomic E-state index is 12.8. The van der Waals surface area contributed by atoms with Crippen LogP contribution in [0.1, 0.15) is 24.5 Å². The summed E-state index contributed by atoms with van der Waals surface area (Å²) in [5, 5.41) is 2.65. The minimum Gasteiger partial charge on any atom is -0.352 e. The molecule has 0 aliphatic rings. The summed E-state index contributed by atoms with van der Waals surface area (Å²) in [6.07, 6.45) is -4.48. The topological polar surface area (TPSA) is 49.4 Å². The van der Waals surface area contributed by atoms with Gasteiger partial charge in [-0.1, -0.05) is 12.1 Å². The highest BCUT2D eigenvalue weighted by Gasteiger charge is 2.30. The second-order valence-electron chi connectivity index (χ2n) is 5.87. The molecule has 2 amide bonds. The molecule has 0 saturated heterocycles. The number of nitrogens with zero attached hydrogens (tertiary/aromatic N) is 1. The van der Waals surface area contributed by atoms with E-state index in [0.717, 1.165) is 17.7 Å². The molecule has 0 atom stereocenters. The van der Waals surface area contributed by atoms with Gasteiger partial charge in [-0.3, -0.25) is 9.59 Å². The lowest BCUT2D eigenvalue weighted by Gasteiger charge is -2.21. The van der Waals surface area contributed by atoms with Gasteiger partial charge in [0.05, 0.1) is 5.56 Å². The number of hydrogen-bond donors (Lipinski definition) is 1. The lowest BCUT2D eigenvalue weighted by molar-refractivity contribution is -0.137. The van der Waals surface area contributed by atoms with Gasteiger partial charge in [-0.05, 0) is 42.0 Å². The van der Waals surface area contributed by atoms with Crippen molar-refractivity contribution in [3.05, 3.63) is 65.5 Å². The van der Waals surface area contributed by atoms with Gasteiger partial charge in [0.2, 0.25) is 11.8 Å². The molecule has 27 heavy (non-hydrogen) atoms. The predicted octanol–water partition coefficient (Wildman–Crippen LogP) is 3.90. The molecule has 0 aliphatic carbocycles. The summed E-state index contributed by atoms with van der Waals surface area (Å²) >= 11 is 0. The van der Waals surface area contributed by atoms with E-state index in [0.29, 0.717) is 0 Å². The smallest absolute Gasteiger partial charge is 0.352 e. The van der Waals surface area contributed by atoms with E-state index in [1.807, 2.05) is 0 Å². The number of nitrogens with one attached hydrogen (secondary N) is 1. The molecule has 0 bridgehead atoms. The standard InChI is InChI=1S/C19H18F4N2O2/c1-13(26)25(17-8-4-15(5-9-17)19(21,22)23)11-10-18(27)24-12-14-2-6-16(20)7-3-14/h2-9H,10-12H2,1H3,(H,24,27). The van der Waals surface area contributed by atoms with Crippen molar-refractivity contribution >= 4 is 17.5 Å². The summed E-state index contributed by atoms with van der Waals surface area (Å²) in [6, 6.07) is 9.81. The maximum absolute atomic E-state index is 12.8. The van der Waals surface area contributed by atoms with Crippen LogP contribution in [0.15, 0.2) is 48.5 Å². The van der Waals surface area contributed by atoms with Gasteiger partial charge in [-0.25, -0.2) is 4.39 Å². The lowest BCUT2D eigenvalue weighted by atomic mass is 10.2. The van der Waals surface area contributed by atoms with Gasteiger partial charge in [0.25, 0.3) is 0 Å². The van der Waals surface area contributed by atoms with Gasteiger partial charge in [-0.2, -0.15) is 13.2 Å². The van der Waals surface area contributed by atoms with Crippen LogP contribution in [0.5, 0.6) is 0 Å². The maximum Gasteiger partial charge on any atom is 0.416 e. The number of hydrogen-bond acceptors (Lipinski definition) is 2. The van der Waals surface area contributed by atoms with Crippen LogP contribution in [0.25, 0.3) is 0 Å². The van der Waals surface area contributed by atoms with Crippen LogP contribution in [0, 0.1) is 5.82 Å².